The van der Waals surface area contributed by atoms with Gasteiger partial charge in [-0.25, -0.2) is 9.97 Å². The summed E-state index contributed by atoms with van der Waals surface area (Å²) in [4.78, 5) is 35.1. The summed E-state index contributed by atoms with van der Waals surface area (Å²) in [6.07, 6.45) is 10.5. The van der Waals surface area contributed by atoms with Crippen molar-refractivity contribution in [3.8, 4) is 5.69 Å². The van der Waals surface area contributed by atoms with Gasteiger partial charge in [0.1, 0.15) is 17.7 Å². The number of nitrogens with two attached hydrogens (primary N) is 1. The molecule has 0 saturated heterocycles. The second-order valence-electron chi connectivity index (χ2n) is 10.3. The lowest BCUT2D eigenvalue weighted by atomic mass is 9.71. The van der Waals surface area contributed by atoms with Crippen LogP contribution in [0.25, 0.3) is 5.69 Å². The van der Waals surface area contributed by atoms with E-state index in [4.69, 9.17) is 10.7 Å². The van der Waals surface area contributed by atoms with E-state index in [1.54, 1.807) is 24.7 Å². The van der Waals surface area contributed by atoms with Crippen molar-refractivity contribution in [2.45, 2.75) is 50.4 Å². The Kier molecular flexibility index (Phi) is 6.50. The number of anilines is 2. The molecule has 3 N–H and O–H groups in total. The molecular weight excluding hydrogens is 474 g/mol. The average Bonchev–Trinajstić information content (AvgIpc) is 3.49. The number of rotatable bonds is 5. The van der Waals surface area contributed by atoms with Gasteiger partial charge in [0.05, 0.1) is 5.69 Å². The molecule has 2 aromatic heterocycles. The first-order valence-electron chi connectivity index (χ1n) is 13.4. The highest BCUT2D eigenvalue weighted by molar-refractivity contribution is 6.04. The van der Waals surface area contributed by atoms with Gasteiger partial charge in [-0.05, 0) is 73.6 Å². The molecule has 192 valence electrons. The van der Waals surface area contributed by atoms with E-state index in [1.165, 1.54) is 30.3 Å². The molecule has 1 amide bonds. The summed E-state index contributed by atoms with van der Waals surface area (Å²) >= 11 is 0. The summed E-state index contributed by atoms with van der Waals surface area (Å²) in [5.74, 6) is 1.40. The van der Waals surface area contributed by atoms with Crippen LogP contribution in [0.5, 0.6) is 0 Å². The highest BCUT2D eigenvalue weighted by atomic mass is 16.2. The largest absolute Gasteiger partial charge is 0.383 e. The van der Waals surface area contributed by atoms with Gasteiger partial charge < -0.3 is 11.1 Å². The van der Waals surface area contributed by atoms with Gasteiger partial charge in [0, 0.05) is 35.0 Å². The van der Waals surface area contributed by atoms with Crippen molar-refractivity contribution >= 4 is 17.4 Å². The van der Waals surface area contributed by atoms with E-state index in [9.17, 15) is 9.59 Å². The maximum absolute atomic E-state index is 13.0. The zero-order valence-electron chi connectivity index (χ0n) is 21.2. The van der Waals surface area contributed by atoms with Crippen LogP contribution in [0.2, 0.25) is 0 Å². The molecule has 2 aliphatic rings. The fraction of sp³-hybridized carbons (Fsp3) is 0.290. The molecule has 2 heterocycles. The normalized spacial score (nSPS) is 19.2. The summed E-state index contributed by atoms with van der Waals surface area (Å²) in [6, 6.07) is 20.3. The number of carbonyl (C=O) groups excluding carboxylic acids is 1. The lowest BCUT2D eigenvalue weighted by molar-refractivity contribution is 0.102. The van der Waals surface area contributed by atoms with Gasteiger partial charge in [0.2, 0.25) is 0 Å². The van der Waals surface area contributed by atoms with Crippen molar-refractivity contribution in [2.24, 2.45) is 5.92 Å². The van der Waals surface area contributed by atoms with Crippen LogP contribution in [0, 0.1) is 5.92 Å². The number of amides is 1. The summed E-state index contributed by atoms with van der Waals surface area (Å²) < 4.78 is 1.48. The van der Waals surface area contributed by atoms with Crippen LogP contribution < -0.4 is 16.6 Å². The molecule has 38 heavy (non-hydrogen) atoms. The Morgan fingerprint density at radius 2 is 1.66 bits per heavy atom. The van der Waals surface area contributed by atoms with E-state index in [0.29, 0.717) is 29.0 Å². The summed E-state index contributed by atoms with van der Waals surface area (Å²) in [5, 5.41) is 2.88. The van der Waals surface area contributed by atoms with Crippen molar-refractivity contribution in [1.29, 1.82) is 0 Å². The van der Waals surface area contributed by atoms with Gasteiger partial charge in [-0.15, -0.1) is 0 Å². The van der Waals surface area contributed by atoms with Crippen molar-refractivity contribution < 1.29 is 4.79 Å². The Labute approximate surface area is 221 Å². The minimum Gasteiger partial charge on any atom is -0.383 e. The molecule has 6 rings (SSSR count). The van der Waals surface area contributed by atoms with Gasteiger partial charge in [0.25, 0.3) is 11.5 Å². The standard InChI is InChI=1S/C31H31N5O2/c32-29-27-24(16-17-25(20-7-4-5-8-20)28(27)33-19-34-29)21-12-14-22(15-13-21)35-30(37)26-11-6-18-36(31(26)38)23-9-2-1-3-10-23/h1-3,6,9-15,18-20,24-25H,4-5,7-8,16-17H2,(H,35,37)(H2,32,33,34)/t24?,25-/m0/s1. The van der Waals surface area contributed by atoms with Gasteiger partial charge in [-0.2, -0.15) is 0 Å². The Bertz CT molecular complexity index is 1510. The van der Waals surface area contributed by atoms with Crippen molar-refractivity contribution in [1.82, 2.24) is 14.5 Å². The number of hydrogen-bond donors (Lipinski definition) is 2. The Morgan fingerprint density at radius 1 is 0.895 bits per heavy atom. The number of nitrogens with zero attached hydrogens (tertiary/aromatic N) is 3. The van der Waals surface area contributed by atoms with Crippen molar-refractivity contribution in [2.75, 3.05) is 11.1 Å². The molecule has 0 bridgehead atoms. The number of nitrogens with one attached hydrogen (secondary N) is 1. The second kappa shape index (κ2) is 10.2. The van der Waals surface area contributed by atoms with Gasteiger partial charge in [0.15, 0.2) is 0 Å². The van der Waals surface area contributed by atoms with Crippen LogP contribution in [-0.2, 0) is 0 Å². The third-order valence-corrected chi connectivity index (χ3v) is 8.18. The first kappa shape index (κ1) is 24.1. The smallest absolute Gasteiger partial charge is 0.267 e. The van der Waals surface area contributed by atoms with E-state index in [1.807, 2.05) is 54.6 Å². The molecule has 2 atom stereocenters. The van der Waals surface area contributed by atoms with E-state index in [-0.39, 0.29) is 17.0 Å². The second-order valence-corrected chi connectivity index (χ2v) is 10.3. The molecule has 2 aliphatic carbocycles. The molecule has 0 aliphatic heterocycles. The zero-order valence-corrected chi connectivity index (χ0v) is 21.2. The number of nitrogen functional groups attached to an aromatic ring is 1. The summed E-state index contributed by atoms with van der Waals surface area (Å²) in [5.41, 5.74) is 10.8. The van der Waals surface area contributed by atoms with Crippen LogP contribution in [-0.4, -0.2) is 20.4 Å². The lowest BCUT2D eigenvalue weighted by Crippen LogP contribution is -2.27. The molecule has 7 heteroatoms. The minimum absolute atomic E-state index is 0.0875. The molecule has 4 aromatic rings. The maximum Gasteiger partial charge on any atom is 0.267 e. The van der Waals surface area contributed by atoms with E-state index in [0.717, 1.165) is 29.7 Å². The predicted octanol–water partition coefficient (Wildman–Crippen LogP) is 5.66. The maximum atomic E-state index is 13.0. The van der Waals surface area contributed by atoms with Gasteiger partial charge >= 0.3 is 0 Å². The molecule has 7 nitrogen and oxygen atoms in total. The molecule has 1 saturated carbocycles. The number of hydrogen-bond acceptors (Lipinski definition) is 5. The third kappa shape index (κ3) is 4.49. The minimum atomic E-state index is -0.437. The Morgan fingerprint density at radius 3 is 2.42 bits per heavy atom. The number of benzene rings is 2. The topological polar surface area (TPSA) is 103 Å². The number of fused-ring (bicyclic) bond motifs is 1. The monoisotopic (exact) mass is 505 g/mol. The van der Waals surface area contributed by atoms with E-state index < -0.39 is 5.91 Å². The molecule has 1 fully saturated rings. The van der Waals surface area contributed by atoms with Crippen LogP contribution in [0.3, 0.4) is 0 Å². The third-order valence-electron chi connectivity index (χ3n) is 8.18. The quantitative estimate of drug-likeness (QED) is 0.364. The van der Waals surface area contributed by atoms with E-state index in [2.05, 4.69) is 10.3 Å². The van der Waals surface area contributed by atoms with Crippen molar-refractivity contribution in [3.63, 3.8) is 0 Å². The van der Waals surface area contributed by atoms with Crippen LogP contribution >= 0.6 is 0 Å². The summed E-state index contributed by atoms with van der Waals surface area (Å²) in [6.45, 7) is 0. The first-order chi connectivity index (χ1) is 18.6. The van der Waals surface area contributed by atoms with Crippen LogP contribution in [0.4, 0.5) is 11.5 Å². The molecule has 0 spiro atoms. The van der Waals surface area contributed by atoms with Gasteiger partial charge in [-0.1, -0.05) is 43.2 Å². The fourth-order valence-electron chi connectivity index (χ4n) is 6.31. The molecular formula is C31H31N5O2. The predicted molar refractivity (Wildman–Crippen MR) is 149 cm³/mol. The van der Waals surface area contributed by atoms with Crippen LogP contribution in [0.15, 0.2) is 84.0 Å². The lowest BCUT2D eigenvalue weighted by Gasteiger charge is -2.34. The Balaban J connectivity index is 1.23. The fourth-order valence-corrected chi connectivity index (χ4v) is 6.31. The molecule has 2 aromatic carbocycles. The first-order valence-corrected chi connectivity index (χ1v) is 13.4. The van der Waals surface area contributed by atoms with Gasteiger partial charge in [-0.3, -0.25) is 14.2 Å². The summed E-state index contributed by atoms with van der Waals surface area (Å²) in [7, 11) is 0. The zero-order chi connectivity index (χ0) is 26.1. The Hall–Kier alpha value is -4.26. The number of pyridine rings is 1. The highest BCUT2D eigenvalue weighted by Crippen LogP contribution is 2.49. The highest BCUT2D eigenvalue weighted by Gasteiger charge is 2.36. The molecule has 0 radical (unpaired) electrons. The number of para-hydroxylation sites is 1. The molecule has 1 unspecified atom stereocenters. The van der Waals surface area contributed by atoms with E-state index >= 15 is 0 Å². The van der Waals surface area contributed by atoms with Crippen molar-refractivity contribution in [3.05, 3.63) is 112 Å². The van der Waals surface area contributed by atoms with Crippen LogP contribution in [0.1, 0.15) is 77.5 Å². The number of aromatic nitrogens is 3. The SMILES string of the molecule is Nc1ncnc2c1C(c1ccc(NC(=O)c3cccn(-c4ccccc4)c3=O)cc1)CC[C@H]2C1CCCC1. The average molecular weight is 506 g/mol. The number of carbonyl (C=O) groups is 1.